The predicted molar refractivity (Wildman–Crippen MR) is 86.1 cm³/mol. The van der Waals surface area contributed by atoms with Crippen molar-refractivity contribution in [3.05, 3.63) is 34.9 Å². The molecule has 1 aliphatic heterocycles. The summed E-state index contributed by atoms with van der Waals surface area (Å²) in [5.74, 6) is 0.130. The summed E-state index contributed by atoms with van der Waals surface area (Å²) in [6, 6.07) is 6.96. The molecule has 1 aliphatic rings. The van der Waals surface area contributed by atoms with Crippen LogP contribution in [0.3, 0.4) is 0 Å². The van der Waals surface area contributed by atoms with Gasteiger partial charge in [0, 0.05) is 43.8 Å². The Morgan fingerprint density at radius 1 is 1.29 bits per heavy atom. The Morgan fingerprint density at radius 3 is 2.52 bits per heavy atom. The fraction of sp³-hybridized carbons (Fsp3) is 0.571. The molecule has 0 radical (unpaired) electrons. The molecule has 5 nitrogen and oxygen atoms in total. The third-order valence-corrected chi connectivity index (χ3v) is 5.30. The molecule has 0 aliphatic carbocycles. The van der Waals surface area contributed by atoms with Gasteiger partial charge in [-0.25, -0.2) is 13.1 Å². The third kappa shape index (κ3) is 5.56. The van der Waals surface area contributed by atoms with Crippen molar-refractivity contribution in [3.8, 4) is 0 Å². The SMILES string of the molecule is CC(NS(=O)(=O)CCN1CCNCC1)c1ccc(Cl)cc1. The van der Waals surface area contributed by atoms with Crippen LogP contribution in [-0.2, 0) is 10.0 Å². The zero-order chi connectivity index (χ0) is 15.3. The van der Waals surface area contributed by atoms with Crippen molar-refractivity contribution in [2.45, 2.75) is 13.0 Å². The largest absolute Gasteiger partial charge is 0.314 e. The van der Waals surface area contributed by atoms with Crippen LogP contribution in [0.4, 0.5) is 0 Å². The van der Waals surface area contributed by atoms with E-state index in [0.717, 1.165) is 31.7 Å². The van der Waals surface area contributed by atoms with Crippen molar-refractivity contribution >= 4 is 21.6 Å². The Labute approximate surface area is 131 Å². The lowest BCUT2D eigenvalue weighted by atomic mass is 10.1. The summed E-state index contributed by atoms with van der Waals surface area (Å²) >= 11 is 5.84. The minimum Gasteiger partial charge on any atom is -0.314 e. The first-order valence-corrected chi connectivity index (χ1v) is 9.18. The van der Waals surface area contributed by atoms with Gasteiger partial charge in [0.1, 0.15) is 0 Å². The van der Waals surface area contributed by atoms with Crippen LogP contribution in [0.25, 0.3) is 0 Å². The Bertz CT molecular complexity index is 542. The molecule has 7 heteroatoms. The number of sulfonamides is 1. The van der Waals surface area contributed by atoms with Crippen molar-refractivity contribution < 1.29 is 8.42 Å². The molecule has 0 aromatic heterocycles. The minimum absolute atomic E-state index is 0.130. The zero-order valence-electron chi connectivity index (χ0n) is 12.2. The second-order valence-corrected chi connectivity index (χ2v) is 7.61. The smallest absolute Gasteiger partial charge is 0.213 e. The molecule has 1 heterocycles. The van der Waals surface area contributed by atoms with Gasteiger partial charge in [-0.15, -0.1) is 0 Å². The summed E-state index contributed by atoms with van der Waals surface area (Å²) in [7, 11) is -3.28. The zero-order valence-corrected chi connectivity index (χ0v) is 13.8. The second-order valence-electron chi connectivity index (χ2n) is 5.30. The highest BCUT2D eigenvalue weighted by Gasteiger charge is 2.18. The molecule has 1 unspecified atom stereocenters. The molecule has 0 spiro atoms. The first-order valence-electron chi connectivity index (χ1n) is 7.15. The van der Waals surface area contributed by atoms with Crippen molar-refractivity contribution in [1.82, 2.24) is 14.9 Å². The lowest BCUT2D eigenvalue weighted by molar-refractivity contribution is 0.253. The molecule has 21 heavy (non-hydrogen) atoms. The van der Waals surface area contributed by atoms with E-state index >= 15 is 0 Å². The summed E-state index contributed by atoms with van der Waals surface area (Å²) in [4.78, 5) is 2.17. The van der Waals surface area contributed by atoms with Crippen LogP contribution in [0.2, 0.25) is 5.02 Å². The molecule has 1 aromatic rings. The standard InChI is InChI=1S/C14H22ClN3O2S/c1-12(13-2-4-14(15)5-3-13)17-21(19,20)11-10-18-8-6-16-7-9-18/h2-5,12,16-17H,6-11H2,1H3. The van der Waals surface area contributed by atoms with E-state index in [1.807, 2.05) is 19.1 Å². The van der Waals surface area contributed by atoms with Gasteiger partial charge in [-0.3, -0.25) is 4.90 Å². The van der Waals surface area contributed by atoms with E-state index in [0.29, 0.717) is 11.6 Å². The second kappa shape index (κ2) is 7.56. The molecule has 0 bridgehead atoms. The highest BCUT2D eigenvalue weighted by molar-refractivity contribution is 7.89. The average molecular weight is 332 g/mol. The Hall–Kier alpha value is -0.660. The maximum atomic E-state index is 12.1. The van der Waals surface area contributed by atoms with Gasteiger partial charge in [0.05, 0.1) is 5.75 Å². The van der Waals surface area contributed by atoms with Gasteiger partial charge in [0.15, 0.2) is 0 Å². The van der Waals surface area contributed by atoms with Gasteiger partial charge in [0.25, 0.3) is 0 Å². The maximum Gasteiger partial charge on any atom is 0.213 e. The van der Waals surface area contributed by atoms with E-state index in [1.165, 1.54) is 0 Å². The lowest BCUT2D eigenvalue weighted by Gasteiger charge is -2.27. The van der Waals surface area contributed by atoms with Gasteiger partial charge in [0.2, 0.25) is 10.0 Å². The first-order chi connectivity index (χ1) is 9.96. The molecular weight excluding hydrogens is 310 g/mol. The van der Waals surface area contributed by atoms with E-state index in [-0.39, 0.29) is 11.8 Å². The van der Waals surface area contributed by atoms with Crippen molar-refractivity contribution in [3.63, 3.8) is 0 Å². The molecule has 1 aromatic carbocycles. The number of piperazine rings is 1. The highest BCUT2D eigenvalue weighted by Crippen LogP contribution is 2.16. The lowest BCUT2D eigenvalue weighted by Crippen LogP contribution is -2.46. The number of rotatable bonds is 6. The molecule has 0 saturated carbocycles. The Kier molecular flexibility index (Phi) is 6.01. The molecule has 2 rings (SSSR count). The average Bonchev–Trinajstić information content (AvgIpc) is 2.46. The number of hydrogen-bond acceptors (Lipinski definition) is 4. The van der Waals surface area contributed by atoms with E-state index in [9.17, 15) is 8.42 Å². The van der Waals surface area contributed by atoms with Crippen LogP contribution in [0.15, 0.2) is 24.3 Å². The Morgan fingerprint density at radius 2 is 1.90 bits per heavy atom. The molecular formula is C14H22ClN3O2S. The number of hydrogen-bond donors (Lipinski definition) is 2. The molecule has 1 fully saturated rings. The van der Waals surface area contributed by atoms with Crippen molar-refractivity contribution in [2.75, 3.05) is 38.5 Å². The number of nitrogens with zero attached hydrogens (tertiary/aromatic N) is 1. The van der Waals surface area contributed by atoms with Gasteiger partial charge in [-0.1, -0.05) is 23.7 Å². The van der Waals surface area contributed by atoms with Gasteiger partial charge >= 0.3 is 0 Å². The predicted octanol–water partition coefficient (Wildman–Crippen LogP) is 1.23. The summed E-state index contributed by atoms with van der Waals surface area (Å²) in [6.45, 7) is 6.07. The van der Waals surface area contributed by atoms with Crippen LogP contribution in [0.5, 0.6) is 0 Å². The number of nitrogens with one attached hydrogen (secondary N) is 2. The van der Waals surface area contributed by atoms with Gasteiger partial charge in [-0.05, 0) is 24.6 Å². The van der Waals surface area contributed by atoms with Gasteiger partial charge in [-0.2, -0.15) is 0 Å². The van der Waals surface area contributed by atoms with E-state index in [1.54, 1.807) is 12.1 Å². The van der Waals surface area contributed by atoms with Crippen LogP contribution < -0.4 is 10.0 Å². The molecule has 1 atom stereocenters. The normalized spacial score (nSPS) is 18.6. The summed E-state index contributed by atoms with van der Waals surface area (Å²) in [5, 5.41) is 3.90. The minimum atomic E-state index is -3.28. The monoisotopic (exact) mass is 331 g/mol. The number of benzene rings is 1. The number of halogens is 1. The Balaban J connectivity index is 1.86. The highest BCUT2D eigenvalue weighted by atomic mass is 35.5. The van der Waals surface area contributed by atoms with Crippen LogP contribution in [-0.4, -0.2) is 51.8 Å². The molecule has 1 saturated heterocycles. The van der Waals surface area contributed by atoms with Crippen LogP contribution >= 0.6 is 11.6 Å². The topological polar surface area (TPSA) is 61.4 Å². The molecule has 118 valence electrons. The van der Waals surface area contributed by atoms with Crippen LogP contribution in [0, 0.1) is 0 Å². The van der Waals surface area contributed by atoms with Gasteiger partial charge < -0.3 is 5.32 Å². The summed E-state index contributed by atoms with van der Waals surface area (Å²) < 4.78 is 27.0. The molecule has 2 N–H and O–H groups in total. The van der Waals surface area contributed by atoms with Crippen LogP contribution in [0.1, 0.15) is 18.5 Å². The summed E-state index contributed by atoms with van der Waals surface area (Å²) in [5.41, 5.74) is 0.908. The van der Waals surface area contributed by atoms with Crippen molar-refractivity contribution in [1.29, 1.82) is 0 Å². The first kappa shape index (κ1) is 16.7. The third-order valence-electron chi connectivity index (χ3n) is 3.61. The maximum absolute atomic E-state index is 12.1. The van der Waals surface area contributed by atoms with E-state index < -0.39 is 10.0 Å². The fourth-order valence-corrected chi connectivity index (χ4v) is 3.75. The molecule has 0 amide bonds. The van der Waals surface area contributed by atoms with E-state index in [2.05, 4.69) is 14.9 Å². The van der Waals surface area contributed by atoms with Crippen molar-refractivity contribution in [2.24, 2.45) is 0 Å². The fourth-order valence-electron chi connectivity index (χ4n) is 2.33. The quantitative estimate of drug-likeness (QED) is 0.823. The van der Waals surface area contributed by atoms with E-state index in [4.69, 9.17) is 11.6 Å². The summed E-state index contributed by atoms with van der Waals surface area (Å²) in [6.07, 6.45) is 0.